The summed E-state index contributed by atoms with van der Waals surface area (Å²) in [7, 11) is 0. The van der Waals surface area contributed by atoms with Gasteiger partial charge in [0.15, 0.2) is 0 Å². The van der Waals surface area contributed by atoms with E-state index in [2.05, 4.69) is 22.3 Å². The number of nitrogens with zero attached hydrogens (tertiary/aromatic N) is 2. The second-order valence-corrected chi connectivity index (χ2v) is 8.37. The van der Waals surface area contributed by atoms with E-state index in [-0.39, 0.29) is 12.0 Å². The molecule has 2 aromatic rings. The van der Waals surface area contributed by atoms with E-state index in [1.165, 1.54) is 5.56 Å². The standard InChI is InChI=1S/C24H32ClN3O2/c1-19(2)30-18-12-26-23-9-5-21(6-10-23)24(29)28-16-14-27(15-17-28)13-11-20-3-7-22(25)8-4-20/h3-10,19,26H,11-18H2,1-2H3. The van der Waals surface area contributed by atoms with Crippen molar-refractivity contribution in [1.82, 2.24) is 9.80 Å². The van der Waals surface area contributed by atoms with Crippen molar-refractivity contribution < 1.29 is 9.53 Å². The molecule has 0 radical (unpaired) electrons. The third-order valence-electron chi connectivity index (χ3n) is 5.30. The lowest BCUT2D eigenvalue weighted by Crippen LogP contribution is -2.49. The van der Waals surface area contributed by atoms with Gasteiger partial charge in [0.25, 0.3) is 5.91 Å². The van der Waals surface area contributed by atoms with E-state index in [0.29, 0.717) is 6.61 Å². The van der Waals surface area contributed by atoms with Gasteiger partial charge in [-0.1, -0.05) is 23.7 Å². The molecule has 0 saturated carbocycles. The molecule has 1 aliphatic heterocycles. The smallest absolute Gasteiger partial charge is 0.253 e. The molecule has 30 heavy (non-hydrogen) atoms. The first-order chi connectivity index (χ1) is 14.5. The summed E-state index contributed by atoms with van der Waals surface area (Å²) >= 11 is 5.95. The van der Waals surface area contributed by atoms with Gasteiger partial charge in [-0.3, -0.25) is 9.69 Å². The summed E-state index contributed by atoms with van der Waals surface area (Å²) in [6, 6.07) is 15.8. The van der Waals surface area contributed by atoms with Gasteiger partial charge in [0.1, 0.15) is 0 Å². The number of rotatable bonds is 9. The van der Waals surface area contributed by atoms with Gasteiger partial charge in [-0.25, -0.2) is 0 Å². The molecule has 0 atom stereocenters. The molecule has 2 aromatic carbocycles. The second kappa shape index (κ2) is 11.3. The van der Waals surface area contributed by atoms with E-state index >= 15 is 0 Å². The molecule has 5 nitrogen and oxygen atoms in total. The lowest BCUT2D eigenvalue weighted by molar-refractivity contribution is 0.0638. The molecule has 0 spiro atoms. The SMILES string of the molecule is CC(C)OCCNc1ccc(C(=O)N2CCN(CCc3ccc(Cl)cc3)CC2)cc1. The van der Waals surface area contributed by atoms with E-state index in [1.54, 1.807) is 0 Å². The van der Waals surface area contributed by atoms with Gasteiger partial charge in [0, 0.05) is 55.5 Å². The molecule has 3 rings (SSSR count). The molecule has 0 unspecified atom stereocenters. The van der Waals surface area contributed by atoms with Crippen molar-refractivity contribution in [1.29, 1.82) is 0 Å². The predicted octanol–water partition coefficient (Wildman–Crippen LogP) is 4.18. The summed E-state index contributed by atoms with van der Waals surface area (Å²) in [4.78, 5) is 17.2. The van der Waals surface area contributed by atoms with Crippen LogP contribution in [0.2, 0.25) is 5.02 Å². The largest absolute Gasteiger partial charge is 0.383 e. The van der Waals surface area contributed by atoms with Crippen molar-refractivity contribution in [2.45, 2.75) is 26.4 Å². The van der Waals surface area contributed by atoms with Crippen LogP contribution in [0.5, 0.6) is 0 Å². The minimum absolute atomic E-state index is 0.113. The van der Waals surface area contributed by atoms with Gasteiger partial charge in [-0.15, -0.1) is 0 Å². The fraction of sp³-hybridized carbons (Fsp3) is 0.458. The van der Waals surface area contributed by atoms with Gasteiger partial charge in [-0.05, 0) is 62.2 Å². The number of nitrogens with one attached hydrogen (secondary N) is 1. The fourth-order valence-corrected chi connectivity index (χ4v) is 3.64. The molecule has 1 amide bonds. The summed E-state index contributed by atoms with van der Waals surface area (Å²) in [5.74, 6) is 0.113. The van der Waals surface area contributed by atoms with Crippen LogP contribution in [0.25, 0.3) is 0 Å². The minimum Gasteiger partial charge on any atom is -0.383 e. The Morgan fingerprint density at radius 2 is 1.70 bits per heavy atom. The first-order valence-electron chi connectivity index (χ1n) is 10.7. The Kier molecular flexibility index (Phi) is 8.55. The number of piperazine rings is 1. The maximum absolute atomic E-state index is 12.8. The highest BCUT2D eigenvalue weighted by molar-refractivity contribution is 6.30. The highest BCUT2D eigenvalue weighted by atomic mass is 35.5. The molecule has 1 aliphatic rings. The van der Waals surface area contributed by atoms with Crippen LogP contribution in [0, 0.1) is 0 Å². The topological polar surface area (TPSA) is 44.8 Å². The third kappa shape index (κ3) is 7.01. The van der Waals surface area contributed by atoms with E-state index in [4.69, 9.17) is 16.3 Å². The Labute approximate surface area is 185 Å². The third-order valence-corrected chi connectivity index (χ3v) is 5.56. The summed E-state index contributed by atoms with van der Waals surface area (Å²) in [5.41, 5.74) is 3.04. The number of anilines is 1. The Morgan fingerprint density at radius 3 is 2.33 bits per heavy atom. The Balaban J connectivity index is 1.40. The monoisotopic (exact) mass is 429 g/mol. The molecule has 0 aromatic heterocycles. The lowest BCUT2D eigenvalue weighted by atomic mass is 10.1. The Hall–Kier alpha value is -2.08. The van der Waals surface area contributed by atoms with Gasteiger partial charge < -0.3 is 15.0 Å². The second-order valence-electron chi connectivity index (χ2n) is 7.93. The maximum atomic E-state index is 12.8. The number of carbonyl (C=O) groups excluding carboxylic acids is 1. The van der Waals surface area contributed by atoms with Crippen molar-refractivity contribution >= 4 is 23.2 Å². The van der Waals surface area contributed by atoms with Crippen LogP contribution < -0.4 is 5.32 Å². The quantitative estimate of drug-likeness (QED) is 0.607. The van der Waals surface area contributed by atoms with E-state index in [0.717, 1.165) is 62.0 Å². The molecular weight excluding hydrogens is 398 g/mol. The van der Waals surface area contributed by atoms with Crippen molar-refractivity contribution in [2.24, 2.45) is 0 Å². The Morgan fingerprint density at radius 1 is 1.03 bits per heavy atom. The van der Waals surface area contributed by atoms with E-state index < -0.39 is 0 Å². The number of hydrogen-bond donors (Lipinski definition) is 1. The van der Waals surface area contributed by atoms with Crippen molar-refractivity contribution in [3.8, 4) is 0 Å². The van der Waals surface area contributed by atoms with Gasteiger partial charge >= 0.3 is 0 Å². The molecule has 6 heteroatoms. The molecule has 0 bridgehead atoms. The average Bonchev–Trinajstić information content (AvgIpc) is 2.76. The zero-order valence-corrected chi connectivity index (χ0v) is 18.7. The average molecular weight is 430 g/mol. The van der Waals surface area contributed by atoms with Crippen molar-refractivity contribution in [3.05, 3.63) is 64.7 Å². The number of benzene rings is 2. The summed E-state index contributed by atoms with van der Waals surface area (Å²) < 4.78 is 5.53. The molecule has 162 valence electrons. The normalized spacial score (nSPS) is 14.9. The van der Waals surface area contributed by atoms with Crippen LogP contribution in [0.15, 0.2) is 48.5 Å². The van der Waals surface area contributed by atoms with Crippen LogP contribution >= 0.6 is 11.6 Å². The predicted molar refractivity (Wildman–Crippen MR) is 124 cm³/mol. The molecular formula is C24H32ClN3O2. The number of halogens is 1. The maximum Gasteiger partial charge on any atom is 0.253 e. The Bertz CT molecular complexity index is 785. The summed E-state index contributed by atoms with van der Waals surface area (Å²) in [6.45, 7) is 9.84. The zero-order valence-electron chi connectivity index (χ0n) is 17.9. The van der Waals surface area contributed by atoms with Crippen LogP contribution in [-0.2, 0) is 11.2 Å². The molecule has 0 aliphatic carbocycles. The van der Waals surface area contributed by atoms with Crippen LogP contribution in [0.4, 0.5) is 5.69 Å². The van der Waals surface area contributed by atoms with Crippen molar-refractivity contribution in [3.63, 3.8) is 0 Å². The van der Waals surface area contributed by atoms with Gasteiger partial charge in [0.2, 0.25) is 0 Å². The fourth-order valence-electron chi connectivity index (χ4n) is 3.52. The number of carbonyl (C=O) groups is 1. The number of amides is 1. The van der Waals surface area contributed by atoms with E-state index in [1.807, 2.05) is 55.1 Å². The highest BCUT2D eigenvalue weighted by Crippen LogP contribution is 2.14. The van der Waals surface area contributed by atoms with Gasteiger partial charge in [-0.2, -0.15) is 0 Å². The van der Waals surface area contributed by atoms with Gasteiger partial charge in [0.05, 0.1) is 12.7 Å². The number of ether oxygens (including phenoxy) is 1. The first kappa shape index (κ1) is 22.6. The van der Waals surface area contributed by atoms with Crippen LogP contribution in [-0.4, -0.2) is 67.7 Å². The molecule has 1 N–H and O–H groups in total. The van der Waals surface area contributed by atoms with Crippen molar-refractivity contribution in [2.75, 3.05) is 51.2 Å². The lowest BCUT2D eigenvalue weighted by Gasteiger charge is -2.34. The zero-order chi connectivity index (χ0) is 21.3. The molecule has 1 heterocycles. The first-order valence-corrected chi connectivity index (χ1v) is 11.1. The highest BCUT2D eigenvalue weighted by Gasteiger charge is 2.21. The molecule has 1 fully saturated rings. The summed E-state index contributed by atoms with van der Waals surface area (Å²) in [6.07, 6.45) is 1.24. The summed E-state index contributed by atoms with van der Waals surface area (Å²) in [5, 5.41) is 4.09. The molecule has 1 saturated heterocycles. The van der Waals surface area contributed by atoms with Crippen LogP contribution in [0.3, 0.4) is 0 Å². The minimum atomic E-state index is 0.113. The number of hydrogen-bond acceptors (Lipinski definition) is 4. The van der Waals surface area contributed by atoms with Crippen LogP contribution in [0.1, 0.15) is 29.8 Å². The van der Waals surface area contributed by atoms with E-state index in [9.17, 15) is 4.79 Å².